The van der Waals surface area contributed by atoms with E-state index in [-0.39, 0.29) is 30.0 Å². The molecule has 1 N–H and O–H groups in total. The fourth-order valence-electron chi connectivity index (χ4n) is 4.21. The van der Waals surface area contributed by atoms with Gasteiger partial charge in [0, 0.05) is 27.3 Å². The molecule has 1 aliphatic rings. The summed E-state index contributed by atoms with van der Waals surface area (Å²) in [7, 11) is 0. The topological polar surface area (TPSA) is 78.9 Å². The van der Waals surface area contributed by atoms with E-state index in [2.05, 4.69) is 5.32 Å². The van der Waals surface area contributed by atoms with Crippen molar-refractivity contribution in [1.29, 1.82) is 0 Å². The second-order valence-corrected chi connectivity index (χ2v) is 10.3. The van der Waals surface area contributed by atoms with E-state index in [9.17, 15) is 14.4 Å². The van der Waals surface area contributed by atoms with Gasteiger partial charge in [0.15, 0.2) is 5.11 Å². The van der Waals surface area contributed by atoms with Crippen molar-refractivity contribution in [2.24, 2.45) is 0 Å². The zero-order valence-corrected chi connectivity index (χ0v) is 23.9. The summed E-state index contributed by atoms with van der Waals surface area (Å²) in [4.78, 5) is 41.8. The van der Waals surface area contributed by atoms with Gasteiger partial charge in [-0.25, -0.2) is 4.79 Å². The van der Waals surface area contributed by atoms with Gasteiger partial charge in [0.05, 0.1) is 24.3 Å². The minimum atomic E-state index is -0.854. The minimum absolute atomic E-state index is 0.142. The second-order valence-electron chi connectivity index (χ2n) is 8.68. The predicted molar refractivity (Wildman–Crippen MR) is 158 cm³/mol. The van der Waals surface area contributed by atoms with Gasteiger partial charge in [0.2, 0.25) is 5.91 Å². The van der Waals surface area contributed by atoms with Crippen LogP contribution in [0.1, 0.15) is 29.3 Å². The number of esters is 1. The summed E-state index contributed by atoms with van der Waals surface area (Å²) in [5.74, 6) is -1.18. The molecule has 3 aromatic rings. The lowest BCUT2D eigenvalue weighted by Crippen LogP contribution is -2.39. The highest BCUT2D eigenvalue weighted by molar-refractivity contribution is 7.80. The molecule has 4 rings (SSSR count). The SMILES string of the molecule is CCOC(=O)c1ccc(N2C(=O)C(CC(=O)Nc3cccc(Cl)c3)N(CCc3ccc(Cl)cc3Cl)C2=S)cc1. The van der Waals surface area contributed by atoms with E-state index in [0.717, 1.165) is 5.56 Å². The number of ether oxygens (including phenoxy) is 1. The van der Waals surface area contributed by atoms with Crippen LogP contribution in [0.2, 0.25) is 15.1 Å². The van der Waals surface area contributed by atoms with Crippen molar-refractivity contribution in [2.75, 3.05) is 23.4 Å². The number of halogens is 3. The van der Waals surface area contributed by atoms with Crippen molar-refractivity contribution in [3.63, 3.8) is 0 Å². The molecule has 0 aromatic heterocycles. The third kappa shape index (κ3) is 6.89. The fraction of sp³-hybridized carbons (Fsp3) is 0.214. The zero-order valence-electron chi connectivity index (χ0n) is 20.8. The van der Waals surface area contributed by atoms with Crippen molar-refractivity contribution >= 4 is 81.3 Å². The van der Waals surface area contributed by atoms with Gasteiger partial charge in [0.25, 0.3) is 5.91 Å². The minimum Gasteiger partial charge on any atom is -0.462 e. The molecule has 7 nitrogen and oxygen atoms in total. The number of carbonyl (C=O) groups excluding carboxylic acids is 3. The lowest BCUT2D eigenvalue weighted by molar-refractivity contribution is -0.124. The van der Waals surface area contributed by atoms with Gasteiger partial charge < -0.3 is 15.0 Å². The molecule has 1 saturated heterocycles. The highest BCUT2D eigenvalue weighted by Crippen LogP contribution is 2.29. The number of nitrogens with one attached hydrogen (secondary N) is 1. The molecule has 1 aliphatic heterocycles. The van der Waals surface area contributed by atoms with Gasteiger partial charge in [-0.1, -0.05) is 46.9 Å². The van der Waals surface area contributed by atoms with Gasteiger partial charge in [0.1, 0.15) is 6.04 Å². The van der Waals surface area contributed by atoms with Crippen LogP contribution in [0.15, 0.2) is 66.7 Å². The molecule has 11 heteroatoms. The molecule has 39 heavy (non-hydrogen) atoms. The zero-order chi connectivity index (χ0) is 28.1. The van der Waals surface area contributed by atoms with Gasteiger partial charge in [-0.15, -0.1) is 0 Å². The van der Waals surface area contributed by atoms with Crippen molar-refractivity contribution in [3.05, 3.63) is 92.9 Å². The monoisotopic (exact) mass is 603 g/mol. The van der Waals surface area contributed by atoms with Gasteiger partial charge >= 0.3 is 5.97 Å². The first-order valence-electron chi connectivity index (χ1n) is 12.1. The molecule has 202 valence electrons. The fourth-order valence-corrected chi connectivity index (χ4v) is 5.31. The standard InChI is InChI=1S/C28H24Cl3N3O4S/c1-2-38-27(37)18-7-10-22(11-8-18)34-26(36)24(16-25(35)32-21-5-3-4-19(29)14-21)33(28(34)39)13-12-17-6-9-20(30)15-23(17)31/h3-11,14-15,24H,2,12-13,16H2,1H3,(H,32,35). The van der Waals surface area contributed by atoms with E-state index in [1.165, 1.54) is 4.90 Å². The van der Waals surface area contributed by atoms with Crippen molar-refractivity contribution in [3.8, 4) is 0 Å². The molecular formula is C28H24Cl3N3O4S. The first-order chi connectivity index (χ1) is 18.7. The Balaban J connectivity index is 1.58. The van der Waals surface area contributed by atoms with Gasteiger partial charge in [-0.05, 0) is 85.7 Å². The third-order valence-electron chi connectivity index (χ3n) is 6.08. The Morgan fingerprint density at radius 3 is 2.38 bits per heavy atom. The average Bonchev–Trinajstić information content (AvgIpc) is 3.12. The number of carbonyl (C=O) groups is 3. The van der Waals surface area contributed by atoms with Crippen LogP contribution in [0.3, 0.4) is 0 Å². The molecule has 0 radical (unpaired) electrons. The summed E-state index contributed by atoms with van der Waals surface area (Å²) in [6, 6.07) is 17.5. The Kier molecular flexibility index (Phi) is 9.45. The number of anilines is 2. The lowest BCUT2D eigenvalue weighted by Gasteiger charge is -2.24. The Labute approximate surface area is 246 Å². The van der Waals surface area contributed by atoms with Gasteiger partial charge in [-0.2, -0.15) is 0 Å². The Morgan fingerprint density at radius 1 is 1.00 bits per heavy atom. The Bertz CT molecular complexity index is 1420. The van der Waals surface area contributed by atoms with Crippen LogP contribution in [0.25, 0.3) is 0 Å². The first-order valence-corrected chi connectivity index (χ1v) is 13.6. The summed E-state index contributed by atoms with van der Waals surface area (Å²) in [5, 5.41) is 4.53. The molecule has 2 amide bonds. The number of rotatable bonds is 9. The van der Waals surface area contributed by atoms with E-state index in [1.54, 1.807) is 72.5 Å². The van der Waals surface area contributed by atoms with Crippen LogP contribution < -0.4 is 10.2 Å². The molecule has 0 aliphatic carbocycles. The molecule has 1 heterocycles. The summed E-state index contributed by atoms with van der Waals surface area (Å²) >= 11 is 24.2. The average molecular weight is 605 g/mol. The molecule has 1 unspecified atom stereocenters. The van der Waals surface area contributed by atoms with Crippen LogP contribution in [0, 0.1) is 0 Å². The third-order valence-corrected chi connectivity index (χ3v) is 7.32. The highest BCUT2D eigenvalue weighted by Gasteiger charge is 2.44. The Morgan fingerprint density at radius 2 is 1.72 bits per heavy atom. The van der Waals surface area contributed by atoms with Crippen molar-refractivity contribution in [2.45, 2.75) is 25.8 Å². The van der Waals surface area contributed by atoms with Gasteiger partial charge in [-0.3, -0.25) is 14.5 Å². The number of hydrogen-bond donors (Lipinski definition) is 1. The number of benzene rings is 3. The van der Waals surface area contributed by atoms with Crippen LogP contribution >= 0.6 is 47.0 Å². The van der Waals surface area contributed by atoms with Crippen LogP contribution in [0.4, 0.5) is 11.4 Å². The molecule has 1 fully saturated rings. The number of amides is 2. The molecule has 1 atom stereocenters. The van der Waals surface area contributed by atoms with E-state index < -0.39 is 12.0 Å². The highest BCUT2D eigenvalue weighted by atomic mass is 35.5. The molecule has 0 saturated carbocycles. The summed E-state index contributed by atoms with van der Waals surface area (Å²) in [6.45, 7) is 2.31. The van der Waals surface area contributed by atoms with Crippen molar-refractivity contribution in [1.82, 2.24) is 4.90 Å². The number of thiocarbonyl (C=S) groups is 1. The van der Waals surface area contributed by atoms with E-state index >= 15 is 0 Å². The maximum Gasteiger partial charge on any atom is 0.338 e. The molecule has 0 spiro atoms. The van der Waals surface area contributed by atoms with E-state index in [0.29, 0.717) is 45.0 Å². The summed E-state index contributed by atoms with van der Waals surface area (Å²) < 4.78 is 5.04. The van der Waals surface area contributed by atoms with Crippen LogP contribution in [-0.4, -0.2) is 47.0 Å². The van der Waals surface area contributed by atoms with Crippen molar-refractivity contribution < 1.29 is 19.1 Å². The maximum atomic E-state index is 13.7. The lowest BCUT2D eigenvalue weighted by atomic mass is 10.1. The maximum absolute atomic E-state index is 13.7. The quantitative estimate of drug-likeness (QED) is 0.225. The second kappa shape index (κ2) is 12.8. The summed E-state index contributed by atoms with van der Waals surface area (Å²) in [5.41, 5.74) is 2.18. The molecule has 0 bridgehead atoms. The summed E-state index contributed by atoms with van der Waals surface area (Å²) in [6.07, 6.45) is 0.322. The predicted octanol–water partition coefficient (Wildman–Crippen LogP) is 6.40. The number of hydrogen-bond acceptors (Lipinski definition) is 5. The number of nitrogens with zero attached hydrogens (tertiary/aromatic N) is 2. The largest absolute Gasteiger partial charge is 0.462 e. The van der Waals surface area contributed by atoms with Crippen LogP contribution in [0.5, 0.6) is 0 Å². The van der Waals surface area contributed by atoms with E-state index in [1.807, 2.05) is 6.07 Å². The smallest absolute Gasteiger partial charge is 0.338 e. The Hall–Kier alpha value is -3.17. The van der Waals surface area contributed by atoms with E-state index in [4.69, 9.17) is 51.8 Å². The first kappa shape index (κ1) is 28.8. The molecular weight excluding hydrogens is 581 g/mol. The normalized spacial score (nSPS) is 15.0. The molecule has 3 aromatic carbocycles. The van der Waals surface area contributed by atoms with Crippen LogP contribution in [-0.2, 0) is 20.7 Å².